The molecule has 2 heterocycles. The molecule has 1 N–H and O–H groups in total. The van der Waals surface area contributed by atoms with E-state index in [-0.39, 0.29) is 11.7 Å². The highest BCUT2D eigenvalue weighted by atomic mass is 32.2. The van der Waals surface area contributed by atoms with Gasteiger partial charge in [0, 0.05) is 6.54 Å². The van der Waals surface area contributed by atoms with E-state index in [2.05, 4.69) is 38.7 Å². The van der Waals surface area contributed by atoms with Crippen molar-refractivity contribution in [3.63, 3.8) is 0 Å². The number of rotatable bonds is 8. The fourth-order valence-corrected chi connectivity index (χ4v) is 3.93. The molecule has 0 aliphatic heterocycles. The van der Waals surface area contributed by atoms with Crippen molar-refractivity contribution < 1.29 is 9.53 Å². The number of thioether (sulfide) groups is 1. The van der Waals surface area contributed by atoms with Gasteiger partial charge in [0.1, 0.15) is 17.4 Å². The number of carbonyl (C=O) groups is 1. The molecule has 0 radical (unpaired) electrons. The number of anilines is 1. The summed E-state index contributed by atoms with van der Waals surface area (Å²) in [4.78, 5) is 12.1. The first-order chi connectivity index (χ1) is 13.5. The van der Waals surface area contributed by atoms with E-state index < -0.39 is 0 Å². The Kier molecular flexibility index (Phi) is 6.63. The first-order valence-corrected chi connectivity index (χ1v) is 10.6. The minimum atomic E-state index is -0.153. The maximum atomic E-state index is 12.1. The Bertz CT molecular complexity index is 969. The quantitative estimate of drug-likeness (QED) is 0.560. The van der Waals surface area contributed by atoms with Gasteiger partial charge in [0.15, 0.2) is 11.0 Å². The molecule has 8 nitrogen and oxygen atoms in total. The van der Waals surface area contributed by atoms with E-state index in [1.807, 2.05) is 37.5 Å². The molecule has 0 saturated carbocycles. The number of hydrogen-bond acceptors (Lipinski definition) is 8. The highest BCUT2D eigenvalue weighted by Gasteiger charge is 2.15. The predicted octanol–water partition coefficient (Wildman–Crippen LogP) is 3.38. The number of nitrogens with one attached hydrogen (secondary N) is 1. The average Bonchev–Trinajstić information content (AvgIpc) is 3.26. The van der Waals surface area contributed by atoms with Crippen molar-refractivity contribution >= 4 is 34.1 Å². The van der Waals surface area contributed by atoms with Crippen molar-refractivity contribution in [1.29, 1.82) is 0 Å². The number of aryl methyl sites for hydroxylation is 2. The van der Waals surface area contributed by atoms with Crippen molar-refractivity contribution in [2.75, 3.05) is 11.1 Å². The molecule has 1 amide bonds. The lowest BCUT2D eigenvalue weighted by Gasteiger charge is -2.11. The van der Waals surface area contributed by atoms with Crippen LogP contribution in [0, 0.1) is 20.8 Å². The smallest absolute Gasteiger partial charge is 0.236 e. The molecular formula is C18H22N6O2S2. The lowest BCUT2D eigenvalue weighted by atomic mass is 10.1. The summed E-state index contributed by atoms with van der Waals surface area (Å²) in [6.07, 6.45) is 0. The van der Waals surface area contributed by atoms with E-state index in [0.29, 0.717) is 23.4 Å². The SMILES string of the molecule is CCn1c(COc2cccc(C)c2C)nnc1SCC(=O)Nc1nnc(C)s1. The largest absolute Gasteiger partial charge is 0.485 e. The van der Waals surface area contributed by atoms with Gasteiger partial charge in [-0.15, -0.1) is 20.4 Å². The van der Waals surface area contributed by atoms with Gasteiger partial charge in [-0.2, -0.15) is 0 Å². The van der Waals surface area contributed by atoms with Crippen LogP contribution in [0.3, 0.4) is 0 Å². The lowest BCUT2D eigenvalue weighted by molar-refractivity contribution is -0.113. The Morgan fingerprint density at radius 2 is 2.04 bits per heavy atom. The summed E-state index contributed by atoms with van der Waals surface area (Å²) in [7, 11) is 0. The highest BCUT2D eigenvalue weighted by Crippen LogP contribution is 2.23. The summed E-state index contributed by atoms with van der Waals surface area (Å²) in [6.45, 7) is 8.96. The molecule has 10 heteroatoms. The van der Waals surface area contributed by atoms with E-state index in [0.717, 1.165) is 22.1 Å². The summed E-state index contributed by atoms with van der Waals surface area (Å²) in [5.74, 6) is 1.63. The van der Waals surface area contributed by atoms with Crippen LogP contribution in [0.4, 0.5) is 5.13 Å². The molecule has 3 aromatic rings. The van der Waals surface area contributed by atoms with Crippen LogP contribution in [-0.4, -0.2) is 36.6 Å². The average molecular weight is 419 g/mol. The van der Waals surface area contributed by atoms with Gasteiger partial charge in [0.2, 0.25) is 11.0 Å². The normalized spacial score (nSPS) is 10.9. The van der Waals surface area contributed by atoms with Crippen LogP contribution in [0.5, 0.6) is 5.75 Å². The van der Waals surface area contributed by atoms with Gasteiger partial charge in [0.25, 0.3) is 0 Å². The molecule has 2 aromatic heterocycles. The molecule has 3 rings (SSSR count). The van der Waals surface area contributed by atoms with Crippen LogP contribution < -0.4 is 10.1 Å². The van der Waals surface area contributed by atoms with Crippen LogP contribution in [0.25, 0.3) is 0 Å². The molecular weight excluding hydrogens is 396 g/mol. The van der Waals surface area contributed by atoms with E-state index in [1.165, 1.54) is 28.7 Å². The Balaban J connectivity index is 1.60. The van der Waals surface area contributed by atoms with Crippen LogP contribution in [-0.2, 0) is 17.9 Å². The Morgan fingerprint density at radius 3 is 2.75 bits per heavy atom. The van der Waals surface area contributed by atoms with Gasteiger partial charge in [0.05, 0.1) is 5.75 Å². The van der Waals surface area contributed by atoms with Crippen molar-refractivity contribution in [3.8, 4) is 5.75 Å². The molecule has 0 aliphatic carbocycles. The predicted molar refractivity (Wildman–Crippen MR) is 110 cm³/mol. The summed E-state index contributed by atoms with van der Waals surface area (Å²) in [5.41, 5.74) is 2.30. The minimum absolute atomic E-state index is 0.153. The lowest BCUT2D eigenvalue weighted by Crippen LogP contribution is -2.14. The zero-order chi connectivity index (χ0) is 20.1. The van der Waals surface area contributed by atoms with Gasteiger partial charge in [-0.1, -0.05) is 35.2 Å². The second kappa shape index (κ2) is 9.16. The van der Waals surface area contributed by atoms with Crippen LogP contribution in [0.15, 0.2) is 23.4 Å². The van der Waals surface area contributed by atoms with E-state index in [1.54, 1.807) is 0 Å². The van der Waals surface area contributed by atoms with Gasteiger partial charge in [-0.25, -0.2) is 0 Å². The molecule has 1 aromatic carbocycles. The molecule has 0 bridgehead atoms. The van der Waals surface area contributed by atoms with Gasteiger partial charge in [-0.05, 0) is 44.9 Å². The first kappa shape index (κ1) is 20.3. The van der Waals surface area contributed by atoms with Gasteiger partial charge >= 0.3 is 0 Å². The van der Waals surface area contributed by atoms with E-state index in [4.69, 9.17) is 4.74 Å². The second-order valence-electron chi connectivity index (χ2n) is 6.09. The Labute approximate surface area is 171 Å². The van der Waals surface area contributed by atoms with E-state index >= 15 is 0 Å². The van der Waals surface area contributed by atoms with Crippen LogP contribution in [0.2, 0.25) is 0 Å². The monoisotopic (exact) mass is 418 g/mol. The summed E-state index contributed by atoms with van der Waals surface area (Å²) >= 11 is 2.68. The topological polar surface area (TPSA) is 94.8 Å². The van der Waals surface area contributed by atoms with E-state index in [9.17, 15) is 4.79 Å². The van der Waals surface area contributed by atoms with Crippen molar-refractivity contribution in [2.45, 2.75) is 46.0 Å². The standard InChI is InChI=1S/C18H22N6O2S2/c1-5-24-15(9-26-14-8-6-7-11(2)12(14)3)21-23-18(24)27-10-16(25)19-17-22-20-13(4)28-17/h6-8H,5,9-10H2,1-4H3,(H,19,22,25). The number of aromatic nitrogens is 5. The Morgan fingerprint density at radius 1 is 1.21 bits per heavy atom. The molecule has 0 saturated heterocycles. The number of benzene rings is 1. The minimum Gasteiger partial charge on any atom is -0.485 e. The molecule has 0 aliphatic rings. The summed E-state index contributed by atoms with van der Waals surface area (Å²) in [5, 5.41) is 21.0. The summed E-state index contributed by atoms with van der Waals surface area (Å²) < 4.78 is 7.90. The summed E-state index contributed by atoms with van der Waals surface area (Å²) in [6, 6.07) is 5.98. The zero-order valence-corrected chi connectivity index (χ0v) is 17.9. The molecule has 28 heavy (non-hydrogen) atoms. The third kappa shape index (κ3) is 4.87. The van der Waals surface area contributed by atoms with Crippen LogP contribution >= 0.6 is 23.1 Å². The molecule has 0 fully saturated rings. The third-order valence-electron chi connectivity index (χ3n) is 4.13. The van der Waals surface area contributed by atoms with Crippen molar-refractivity contribution in [3.05, 3.63) is 40.2 Å². The number of nitrogens with zero attached hydrogens (tertiary/aromatic N) is 5. The van der Waals surface area contributed by atoms with Gasteiger partial charge < -0.3 is 9.30 Å². The number of hydrogen-bond donors (Lipinski definition) is 1. The third-order valence-corrected chi connectivity index (χ3v) is 5.85. The van der Waals surface area contributed by atoms with Crippen molar-refractivity contribution in [1.82, 2.24) is 25.0 Å². The van der Waals surface area contributed by atoms with Crippen LogP contribution in [0.1, 0.15) is 28.9 Å². The van der Waals surface area contributed by atoms with Gasteiger partial charge in [-0.3, -0.25) is 10.1 Å². The number of amides is 1. The molecule has 0 spiro atoms. The van der Waals surface area contributed by atoms with Crippen molar-refractivity contribution in [2.24, 2.45) is 0 Å². The molecule has 148 valence electrons. The second-order valence-corrected chi connectivity index (χ2v) is 8.22. The number of carbonyl (C=O) groups excluding carboxylic acids is 1. The fourth-order valence-electron chi connectivity index (χ4n) is 2.51. The maximum absolute atomic E-state index is 12.1. The fraction of sp³-hybridized carbons (Fsp3) is 0.389. The first-order valence-electron chi connectivity index (χ1n) is 8.81. The maximum Gasteiger partial charge on any atom is 0.236 e. The highest BCUT2D eigenvalue weighted by molar-refractivity contribution is 7.99. The zero-order valence-electron chi connectivity index (χ0n) is 16.2. The molecule has 0 unspecified atom stereocenters. The number of ether oxygens (including phenoxy) is 1. The Hall–Kier alpha value is -2.46. The molecule has 0 atom stereocenters.